The molecule has 4 aromatic rings. The van der Waals surface area contributed by atoms with Crippen LogP contribution in [0.5, 0.6) is 0 Å². The van der Waals surface area contributed by atoms with E-state index in [1.54, 1.807) is 0 Å². The van der Waals surface area contributed by atoms with E-state index in [2.05, 4.69) is 29.6 Å². The normalized spacial score (nSPS) is 11.4. The van der Waals surface area contributed by atoms with Crippen LogP contribution in [0.25, 0.3) is 32.3 Å². The molecule has 0 unspecified atom stereocenters. The molecular formula is C22H15NO3. The van der Waals surface area contributed by atoms with Crippen LogP contribution in [-0.4, -0.2) is 17.0 Å². The molecule has 0 fully saturated rings. The number of amides is 1. The number of aliphatic carboxylic acids is 1. The van der Waals surface area contributed by atoms with Gasteiger partial charge in [-0.1, -0.05) is 54.6 Å². The standard InChI is InChI=1S/C22H15NO3/c24-21(11-12-22(25)26)23-14-9-10-19-17-7-2-1-5-15(17)16-6-3-4-8-18(16)20(19)13-14/h1-13H,(H,23,24)(H,25,26)/b12-11-. The summed E-state index contributed by atoms with van der Waals surface area (Å²) in [5.74, 6) is -1.63. The fourth-order valence-corrected chi connectivity index (χ4v) is 3.32. The van der Waals surface area contributed by atoms with Gasteiger partial charge in [0.1, 0.15) is 0 Å². The molecule has 0 aliphatic rings. The SMILES string of the molecule is O=C(O)/C=C\C(=O)Nc1ccc2c3ccccc3c3ccccc3c2c1. The number of carbonyl (C=O) groups excluding carboxylic acids is 1. The van der Waals surface area contributed by atoms with Gasteiger partial charge in [0.25, 0.3) is 0 Å². The van der Waals surface area contributed by atoms with E-state index in [1.165, 1.54) is 5.39 Å². The van der Waals surface area contributed by atoms with E-state index >= 15 is 0 Å². The van der Waals surface area contributed by atoms with E-state index < -0.39 is 11.9 Å². The number of carboxylic acids is 1. The van der Waals surface area contributed by atoms with Gasteiger partial charge in [-0.2, -0.15) is 0 Å². The minimum atomic E-state index is -1.16. The Bertz CT molecular complexity index is 1170. The summed E-state index contributed by atoms with van der Waals surface area (Å²) in [4.78, 5) is 22.4. The van der Waals surface area contributed by atoms with Crippen LogP contribution in [-0.2, 0) is 9.59 Å². The first-order valence-electron chi connectivity index (χ1n) is 8.19. The molecule has 0 heterocycles. The van der Waals surface area contributed by atoms with E-state index in [0.717, 1.165) is 39.1 Å². The number of hydrogen-bond donors (Lipinski definition) is 2. The molecule has 0 aliphatic heterocycles. The van der Waals surface area contributed by atoms with Gasteiger partial charge in [-0.25, -0.2) is 4.79 Å². The van der Waals surface area contributed by atoms with Crippen LogP contribution in [0.4, 0.5) is 5.69 Å². The number of nitrogens with one attached hydrogen (secondary N) is 1. The third-order valence-electron chi connectivity index (χ3n) is 4.39. The largest absolute Gasteiger partial charge is 0.478 e. The van der Waals surface area contributed by atoms with Crippen molar-refractivity contribution < 1.29 is 14.7 Å². The molecule has 26 heavy (non-hydrogen) atoms. The number of hydrogen-bond acceptors (Lipinski definition) is 2. The fourth-order valence-electron chi connectivity index (χ4n) is 3.32. The lowest BCUT2D eigenvalue weighted by Crippen LogP contribution is -2.08. The van der Waals surface area contributed by atoms with Crippen LogP contribution >= 0.6 is 0 Å². The van der Waals surface area contributed by atoms with Crippen molar-refractivity contribution >= 4 is 49.9 Å². The second-order valence-electron chi connectivity index (χ2n) is 6.01. The van der Waals surface area contributed by atoms with Gasteiger partial charge in [0.2, 0.25) is 5.91 Å². The van der Waals surface area contributed by atoms with Crippen LogP contribution in [0.2, 0.25) is 0 Å². The first-order chi connectivity index (χ1) is 12.6. The molecule has 4 aromatic carbocycles. The maximum absolute atomic E-state index is 11.9. The van der Waals surface area contributed by atoms with Gasteiger partial charge in [-0.3, -0.25) is 4.79 Å². The van der Waals surface area contributed by atoms with E-state index in [-0.39, 0.29) is 0 Å². The van der Waals surface area contributed by atoms with Crippen LogP contribution < -0.4 is 5.32 Å². The second kappa shape index (κ2) is 6.33. The number of carboxylic acid groups (broad SMARTS) is 1. The van der Waals surface area contributed by atoms with Crippen LogP contribution in [0, 0.1) is 0 Å². The molecule has 0 saturated heterocycles. The van der Waals surface area contributed by atoms with E-state index in [4.69, 9.17) is 5.11 Å². The van der Waals surface area contributed by atoms with Gasteiger partial charge >= 0.3 is 5.97 Å². The molecule has 4 rings (SSSR count). The smallest absolute Gasteiger partial charge is 0.328 e. The van der Waals surface area contributed by atoms with Gasteiger partial charge < -0.3 is 10.4 Å². The zero-order chi connectivity index (χ0) is 18.1. The van der Waals surface area contributed by atoms with Crippen LogP contribution in [0.1, 0.15) is 0 Å². The maximum atomic E-state index is 11.9. The molecule has 4 heteroatoms. The fraction of sp³-hybridized carbons (Fsp3) is 0. The highest BCUT2D eigenvalue weighted by atomic mass is 16.4. The number of benzene rings is 4. The molecule has 126 valence electrons. The van der Waals surface area contributed by atoms with Crippen LogP contribution in [0.15, 0.2) is 78.9 Å². The van der Waals surface area contributed by atoms with E-state index in [0.29, 0.717) is 5.69 Å². The summed E-state index contributed by atoms with van der Waals surface area (Å²) in [5.41, 5.74) is 0.623. The van der Waals surface area contributed by atoms with Gasteiger partial charge in [0.05, 0.1) is 0 Å². The van der Waals surface area contributed by atoms with Gasteiger partial charge in [-0.05, 0) is 44.5 Å². The van der Waals surface area contributed by atoms with Crippen molar-refractivity contribution in [2.45, 2.75) is 0 Å². The van der Waals surface area contributed by atoms with Crippen molar-refractivity contribution in [1.29, 1.82) is 0 Å². The zero-order valence-corrected chi connectivity index (χ0v) is 13.8. The molecule has 0 saturated carbocycles. The third kappa shape index (κ3) is 2.78. The molecule has 2 N–H and O–H groups in total. The predicted molar refractivity (Wildman–Crippen MR) is 104 cm³/mol. The van der Waals surface area contributed by atoms with Gasteiger partial charge in [0.15, 0.2) is 0 Å². The lowest BCUT2D eigenvalue weighted by molar-refractivity contribution is -0.131. The Morgan fingerprint density at radius 1 is 0.692 bits per heavy atom. The minimum Gasteiger partial charge on any atom is -0.478 e. The lowest BCUT2D eigenvalue weighted by Gasteiger charge is -2.11. The van der Waals surface area contributed by atoms with Crippen molar-refractivity contribution in [2.24, 2.45) is 0 Å². The summed E-state index contributed by atoms with van der Waals surface area (Å²) in [7, 11) is 0. The summed E-state index contributed by atoms with van der Waals surface area (Å²) in [6.07, 6.45) is 1.82. The first-order valence-corrected chi connectivity index (χ1v) is 8.19. The van der Waals surface area contributed by atoms with Crippen molar-refractivity contribution in [1.82, 2.24) is 0 Å². The Kier molecular flexibility index (Phi) is 3.86. The average molecular weight is 341 g/mol. The van der Waals surface area contributed by atoms with E-state index in [9.17, 15) is 9.59 Å². The Labute approximate surface area is 149 Å². The first kappa shape index (κ1) is 15.8. The van der Waals surface area contributed by atoms with Crippen LogP contribution in [0.3, 0.4) is 0 Å². The molecule has 0 aliphatic carbocycles. The Balaban J connectivity index is 1.91. The third-order valence-corrected chi connectivity index (χ3v) is 4.39. The highest BCUT2D eigenvalue weighted by Crippen LogP contribution is 2.35. The maximum Gasteiger partial charge on any atom is 0.328 e. The minimum absolute atomic E-state index is 0.475. The molecule has 0 bridgehead atoms. The molecule has 0 radical (unpaired) electrons. The number of fused-ring (bicyclic) bond motifs is 6. The lowest BCUT2D eigenvalue weighted by atomic mass is 9.94. The summed E-state index contributed by atoms with van der Waals surface area (Å²) >= 11 is 0. The monoisotopic (exact) mass is 341 g/mol. The van der Waals surface area contributed by atoms with Crippen molar-refractivity contribution in [3.8, 4) is 0 Å². The second-order valence-corrected chi connectivity index (χ2v) is 6.01. The molecule has 4 nitrogen and oxygen atoms in total. The molecular weight excluding hydrogens is 326 g/mol. The highest BCUT2D eigenvalue weighted by Gasteiger charge is 2.09. The van der Waals surface area contributed by atoms with Gasteiger partial charge in [-0.15, -0.1) is 0 Å². The summed E-state index contributed by atoms with van der Waals surface area (Å²) in [5, 5.41) is 18.1. The predicted octanol–water partition coefficient (Wildman–Crippen LogP) is 4.73. The van der Waals surface area contributed by atoms with Gasteiger partial charge in [0, 0.05) is 17.8 Å². The summed E-state index contributed by atoms with van der Waals surface area (Å²) in [6, 6.07) is 22.2. The highest BCUT2D eigenvalue weighted by molar-refractivity contribution is 6.25. The summed E-state index contributed by atoms with van der Waals surface area (Å²) < 4.78 is 0. The Morgan fingerprint density at radius 3 is 1.73 bits per heavy atom. The topological polar surface area (TPSA) is 66.4 Å². The number of rotatable bonds is 3. The van der Waals surface area contributed by atoms with E-state index in [1.807, 2.05) is 42.5 Å². The van der Waals surface area contributed by atoms with Crippen molar-refractivity contribution in [3.63, 3.8) is 0 Å². The Hall–Kier alpha value is -3.66. The molecule has 0 spiro atoms. The van der Waals surface area contributed by atoms with Crippen molar-refractivity contribution in [3.05, 3.63) is 78.9 Å². The quantitative estimate of drug-likeness (QED) is 0.418. The molecule has 1 amide bonds. The number of carbonyl (C=O) groups is 2. The average Bonchev–Trinajstić information content (AvgIpc) is 2.66. The zero-order valence-electron chi connectivity index (χ0n) is 13.8. The van der Waals surface area contributed by atoms with Crippen molar-refractivity contribution in [2.75, 3.05) is 5.32 Å². The molecule has 0 aromatic heterocycles. The number of anilines is 1. The summed E-state index contributed by atoms with van der Waals surface area (Å²) in [6.45, 7) is 0. The Morgan fingerprint density at radius 2 is 1.19 bits per heavy atom. The molecule has 0 atom stereocenters.